The van der Waals surface area contributed by atoms with Crippen molar-refractivity contribution in [2.75, 3.05) is 0 Å². The molecule has 0 saturated heterocycles. The van der Waals surface area contributed by atoms with Gasteiger partial charge in [-0.05, 0) is 0 Å². The summed E-state index contributed by atoms with van der Waals surface area (Å²) in [6, 6.07) is -5.00. The molecule has 0 unspecified atom stereocenters. The summed E-state index contributed by atoms with van der Waals surface area (Å²) in [5, 5.41) is 2.72. The van der Waals surface area contributed by atoms with Crippen molar-refractivity contribution in [1.82, 2.24) is 10.6 Å². The van der Waals surface area contributed by atoms with E-state index in [0.717, 1.165) is 0 Å². The monoisotopic (exact) mass is 265 g/mol. The smallest absolute Gasteiger partial charge is 0.155 e. The van der Waals surface area contributed by atoms with Crippen LogP contribution in [0.5, 0.6) is 0 Å². The van der Waals surface area contributed by atoms with Crippen LogP contribution in [0.15, 0.2) is 0 Å². The van der Waals surface area contributed by atoms with E-state index in [0.29, 0.717) is 0 Å². The molecule has 8 amide bonds. The fourth-order valence-electron chi connectivity index (χ4n) is 0.206. The zero-order valence-corrected chi connectivity index (χ0v) is 7.88. The van der Waals surface area contributed by atoms with Crippen molar-refractivity contribution in [3.8, 4) is 0 Å². The van der Waals surface area contributed by atoms with Crippen molar-refractivity contribution in [3.63, 3.8) is 0 Å². The summed E-state index contributed by atoms with van der Waals surface area (Å²) in [5.74, 6) is 0. The van der Waals surface area contributed by atoms with E-state index in [1.54, 1.807) is 0 Å². The molecule has 0 aromatic rings. The normalized spacial score (nSPS) is 6.93. The van der Waals surface area contributed by atoms with Gasteiger partial charge in [0.05, 0.1) is 0 Å². The van der Waals surface area contributed by atoms with Crippen LogP contribution >= 0.6 is 0 Å². The van der Waals surface area contributed by atoms with Gasteiger partial charge in [-0.25, -0.2) is 0 Å². The number of hydrogen-bond donors (Lipinski definition) is 2. The zero-order valence-electron chi connectivity index (χ0n) is 6.93. The van der Waals surface area contributed by atoms with E-state index >= 15 is 0 Å². The molecule has 0 aromatic heterocycles. The number of hydrogen-bond acceptors (Lipinski definition) is 4. The minimum atomic E-state index is -1.25. The standard InChI is InChI=1S/2C2H5N3O2.Cu/c2*3-1(6)5-2(4)7;/h2*(H5,3,4,5,6,7);/p-4. The topological polar surface area (TPSA) is 188 Å². The van der Waals surface area contributed by atoms with Crippen molar-refractivity contribution in [3.05, 3.63) is 22.9 Å². The van der Waals surface area contributed by atoms with Crippen molar-refractivity contribution < 1.29 is 36.2 Å². The maximum absolute atomic E-state index is 9.47. The SMILES string of the molecule is [Cu].[NH-]C(=O)NC([NH-])=O.[NH-]C(=O)NC([NH-])=O. The summed E-state index contributed by atoms with van der Waals surface area (Å²) < 4.78 is 0. The first kappa shape index (κ1) is 18.7. The third-order valence-corrected chi connectivity index (χ3v) is 0.454. The van der Waals surface area contributed by atoms with Gasteiger partial charge in [0.1, 0.15) is 0 Å². The predicted octanol–water partition coefficient (Wildman–Crippen LogP) is 1.84. The Balaban J connectivity index is -0.000000180. The van der Waals surface area contributed by atoms with Crippen LogP contribution in [0, 0.1) is 0 Å². The van der Waals surface area contributed by atoms with Crippen LogP contribution in [0.1, 0.15) is 0 Å². The summed E-state index contributed by atoms with van der Waals surface area (Å²) in [6.07, 6.45) is 0. The van der Waals surface area contributed by atoms with Crippen molar-refractivity contribution in [2.45, 2.75) is 0 Å². The number of imide groups is 2. The molecule has 11 heteroatoms. The Morgan fingerprint density at radius 2 is 0.733 bits per heavy atom. The van der Waals surface area contributed by atoms with E-state index in [1.807, 2.05) is 0 Å². The molecular formula is C4H6CuN6O4-4. The van der Waals surface area contributed by atoms with Crippen LogP contribution in [0.25, 0.3) is 22.9 Å². The molecule has 0 heterocycles. The second-order valence-corrected chi connectivity index (χ2v) is 1.57. The first-order chi connectivity index (χ1) is 6.25. The Bertz CT molecular complexity index is 206. The van der Waals surface area contributed by atoms with Crippen molar-refractivity contribution in [2.24, 2.45) is 0 Å². The van der Waals surface area contributed by atoms with E-state index < -0.39 is 24.1 Å². The molecule has 0 aliphatic heterocycles. The van der Waals surface area contributed by atoms with Gasteiger partial charge in [0.15, 0.2) is 24.1 Å². The molecule has 0 aliphatic carbocycles. The Morgan fingerprint density at radius 3 is 0.733 bits per heavy atom. The zero-order chi connectivity index (χ0) is 11.7. The van der Waals surface area contributed by atoms with Gasteiger partial charge in [0.25, 0.3) is 0 Å². The third kappa shape index (κ3) is 33.3. The molecule has 10 nitrogen and oxygen atoms in total. The van der Waals surface area contributed by atoms with Gasteiger partial charge in [-0.1, -0.05) is 0 Å². The Morgan fingerprint density at radius 1 is 0.600 bits per heavy atom. The number of carbonyl (C=O) groups is 4. The van der Waals surface area contributed by atoms with Crippen molar-refractivity contribution >= 4 is 24.1 Å². The molecule has 91 valence electrons. The number of carbonyl (C=O) groups excluding carboxylic acids is 4. The van der Waals surface area contributed by atoms with E-state index in [2.05, 4.69) is 0 Å². The van der Waals surface area contributed by atoms with E-state index in [4.69, 9.17) is 22.9 Å². The maximum atomic E-state index is 9.47. The molecule has 6 N–H and O–H groups in total. The molecule has 0 aliphatic rings. The number of rotatable bonds is 0. The average molecular weight is 266 g/mol. The van der Waals surface area contributed by atoms with Crippen LogP contribution in [-0.4, -0.2) is 24.1 Å². The molecule has 0 atom stereocenters. The first-order valence-electron chi connectivity index (χ1n) is 2.82. The minimum absolute atomic E-state index is 0. The summed E-state index contributed by atoms with van der Waals surface area (Å²) in [4.78, 5) is 37.9. The average Bonchev–Trinajstić information content (AvgIpc) is 1.79. The second kappa shape index (κ2) is 10.1. The molecule has 0 fully saturated rings. The molecular weight excluding hydrogens is 260 g/mol. The van der Waals surface area contributed by atoms with Gasteiger partial charge in [0, 0.05) is 17.1 Å². The van der Waals surface area contributed by atoms with Crippen LogP contribution in [0.3, 0.4) is 0 Å². The van der Waals surface area contributed by atoms with E-state index in [-0.39, 0.29) is 17.1 Å². The predicted molar refractivity (Wildman–Crippen MR) is 45.1 cm³/mol. The summed E-state index contributed by atoms with van der Waals surface area (Å²) >= 11 is 0. The number of amides is 8. The van der Waals surface area contributed by atoms with Crippen LogP contribution < -0.4 is 10.6 Å². The molecule has 0 rings (SSSR count). The van der Waals surface area contributed by atoms with Gasteiger partial charge in [-0.2, -0.15) is 0 Å². The molecule has 1 radical (unpaired) electrons. The third-order valence-electron chi connectivity index (χ3n) is 0.454. The molecule has 0 saturated carbocycles. The van der Waals surface area contributed by atoms with Gasteiger partial charge >= 0.3 is 0 Å². The van der Waals surface area contributed by atoms with Crippen LogP contribution in [0.4, 0.5) is 19.2 Å². The second-order valence-electron chi connectivity index (χ2n) is 1.57. The first-order valence-corrected chi connectivity index (χ1v) is 2.82. The largest absolute Gasteiger partial charge is 0.447 e. The van der Waals surface area contributed by atoms with Gasteiger partial charge < -0.3 is 33.6 Å². The maximum Gasteiger partial charge on any atom is 0.155 e. The number of urea groups is 4. The molecule has 0 bridgehead atoms. The summed E-state index contributed by atoms with van der Waals surface area (Å²) in [7, 11) is 0. The number of nitrogens with one attached hydrogen (secondary N) is 6. The summed E-state index contributed by atoms with van der Waals surface area (Å²) in [6.45, 7) is 0. The Kier molecular flexibility index (Phi) is 12.6. The Labute approximate surface area is 94.5 Å². The molecule has 15 heavy (non-hydrogen) atoms. The van der Waals surface area contributed by atoms with Crippen LogP contribution in [-0.2, 0) is 17.1 Å². The quantitative estimate of drug-likeness (QED) is 0.632. The Hall–Kier alpha value is -2.00. The summed E-state index contributed by atoms with van der Waals surface area (Å²) in [5.41, 5.74) is 24.1. The van der Waals surface area contributed by atoms with Crippen molar-refractivity contribution in [1.29, 1.82) is 0 Å². The van der Waals surface area contributed by atoms with Gasteiger partial charge in [-0.3, -0.25) is 19.2 Å². The van der Waals surface area contributed by atoms with Crippen LogP contribution in [0.2, 0.25) is 0 Å². The molecule has 0 spiro atoms. The fourth-order valence-corrected chi connectivity index (χ4v) is 0.206. The van der Waals surface area contributed by atoms with Gasteiger partial charge in [0.2, 0.25) is 0 Å². The molecule has 0 aromatic carbocycles. The fraction of sp³-hybridized carbons (Fsp3) is 0. The van der Waals surface area contributed by atoms with Gasteiger partial charge in [-0.15, -0.1) is 0 Å². The van der Waals surface area contributed by atoms with E-state index in [1.165, 1.54) is 10.6 Å². The van der Waals surface area contributed by atoms with E-state index in [9.17, 15) is 19.2 Å². The minimum Gasteiger partial charge on any atom is -0.447 e.